The molecule has 1 atom stereocenters. The molecule has 0 spiro atoms. The molecule has 0 bridgehead atoms. The van der Waals surface area contributed by atoms with Crippen molar-refractivity contribution in [3.05, 3.63) is 46.7 Å². The molecule has 1 heterocycles. The second kappa shape index (κ2) is 9.97. The molecule has 1 N–H and O–H groups in total. The van der Waals surface area contributed by atoms with Crippen LogP contribution in [-0.4, -0.2) is 50.1 Å². The molecule has 0 saturated carbocycles. The summed E-state index contributed by atoms with van der Waals surface area (Å²) in [6.07, 6.45) is 0. The molecular formula is C20H26N2O4S. The van der Waals surface area contributed by atoms with Crippen molar-refractivity contribution in [1.29, 1.82) is 0 Å². The van der Waals surface area contributed by atoms with Crippen molar-refractivity contribution < 1.29 is 19.1 Å². The van der Waals surface area contributed by atoms with E-state index in [9.17, 15) is 9.59 Å². The maximum atomic E-state index is 12.8. The van der Waals surface area contributed by atoms with E-state index in [1.807, 2.05) is 49.6 Å². The van der Waals surface area contributed by atoms with Gasteiger partial charge < -0.3 is 19.7 Å². The van der Waals surface area contributed by atoms with Gasteiger partial charge in [0, 0.05) is 7.05 Å². The van der Waals surface area contributed by atoms with E-state index in [1.54, 1.807) is 25.1 Å². The lowest BCUT2D eigenvalue weighted by Gasteiger charge is -2.27. The highest BCUT2D eigenvalue weighted by Crippen LogP contribution is 2.17. The van der Waals surface area contributed by atoms with Gasteiger partial charge in [-0.15, -0.1) is 11.3 Å². The number of methoxy groups -OCH3 is 1. The van der Waals surface area contributed by atoms with E-state index in [2.05, 4.69) is 5.32 Å². The van der Waals surface area contributed by atoms with Gasteiger partial charge in [-0.05, 0) is 41.6 Å². The summed E-state index contributed by atoms with van der Waals surface area (Å²) in [6.45, 7) is 4.61. The van der Waals surface area contributed by atoms with Crippen molar-refractivity contribution >= 4 is 23.2 Å². The topological polar surface area (TPSA) is 67.9 Å². The van der Waals surface area contributed by atoms with Gasteiger partial charge in [0.05, 0.1) is 18.5 Å². The molecule has 2 rings (SSSR count). The fourth-order valence-electron chi connectivity index (χ4n) is 2.45. The van der Waals surface area contributed by atoms with Crippen molar-refractivity contribution in [2.75, 3.05) is 27.3 Å². The van der Waals surface area contributed by atoms with Crippen molar-refractivity contribution in [1.82, 2.24) is 10.2 Å². The zero-order valence-electron chi connectivity index (χ0n) is 16.1. The minimum atomic E-state index is -0.578. The standard InChI is InChI=1S/C20H26N2O4S/c1-14(2)18(21-19(23)17-6-5-13-27-17)20(24)22(3)11-12-26-16-9-7-15(25-4)8-10-16/h5-10,13-14,18H,11-12H2,1-4H3,(H,21,23). The SMILES string of the molecule is COc1ccc(OCCN(C)C(=O)C(NC(=O)c2cccs2)C(C)C)cc1. The fourth-order valence-corrected chi connectivity index (χ4v) is 3.08. The summed E-state index contributed by atoms with van der Waals surface area (Å²) in [7, 11) is 3.32. The Hall–Kier alpha value is -2.54. The van der Waals surface area contributed by atoms with E-state index in [0.717, 1.165) is 5.75 Å². The van der Waals surface area contributed by atoms with Crippen molar-refractivity contribution in [2.24, 2.45) is 5.92 Å². The third-order valence-corrected chi connectivity index (χ3v) is 4.96. The maximum Gasteiger partial charge on any atom is 0.262 e. The molecule has 6 nitrogen and oxygen atoms in total. The number of nitrogens with one attached hydrogen (secondary N) is 1. The molecule has 146 valence electrons. The number of benzene rings is 1. The quantitative estimate of drug-likeness (QED) is 0.715. The summed E-state index contributed by atoms with van der Waals surface area (Å²) >= 11 is 1.35. The number of hydrogen-bond donors (Lipinski definition) is 1. The van der Waals surface area contributed by atoms with Crippen LogP contribution in [0.1, 0.15) is 23.5 Å². The molecule has 0 aliphatic heterocycles. The van der Waals surface area contributed by atoms with Gasteiger partial charge in [-0.3, -0.25) is 9.59 Å². The van der Waals surface area contributed by atoms with Crippen molar-refractivity contribution in [2.45, 2.75) is 19.9 Å². The normalized spacial score (nSPS) is 11.7. The van der Waals surface area contributed by atoms with Gasteiger partial charge in [0.15, 0.2) is 0 Å². The molecule has 27 heavy (non-hydrogen) atoms. The van der Waals surface area contributed by atoms with Gasteiger partial charge in [-0.2, -0.15) is 0 Å². The van der Waals surface area contributed by atoms with Crippen LogP contribution in [0.4, 0.5) is 0 Å². The van der Waals surface area contributed by atoms with Crippen LogP contribution in [0.2, 0.25) is 0 Å². The van der Waals surface area contributed by atoms with Crippen LogP contribution in [0.25, 0.3) is 0 Å². The summed E-state index contributed by atoms with van der Waals surface area (Å²) in [5.41, 5.74) is 0. The van der Waals surface area contributed by atoms with Crippen LogP contribution in [-0.2, 0) is 4.79 Å². The number of thiophene rings is 1. The fraction of sp³-hybridized carbons (Fsp3) is 0.400. The lowest BCUT2D eigenvalue weighted by atomic mass is 10.0. The first-order valence-corrected chi connectivity index (χ1v) is 9.66. The van der Waals surface area contributed by atoms with E-state index < -0.39 is 6.04 Å². The van der Waals surface area contributed by atoms with Crippen molar-refractivity contribution in [3.8, 4) is 11.5 Å². The van der Waals surface area contributed by atoms with Gasteiger partial charge in [0.2, 0.25) is 5.91 Å². The molecule has 1 aromatic heterocycles. The first-order valence-electron chi connectivity index (χ1n) is 8.78. The van der Waals surface area contributed by atoms with E-state index >= 15 is 0 Å². The van der Waals surface area contributed by atoms with Crippen LogP contribution in [0.15, 0.2) is 41.8 Å². The summed E-state index contributed by atoms with van der Waals surface area (Å²) in [5.74, 6) is 1.10. The van der Waals surface area contributed by atoms with Crippen molar-refractivity contribution in [3.63, 3.8) is 0 Å². The molecule has 0 saturated heterocycles. The maximum absolute atomic E-state index is 12.8. The third-order valence-electron chi connectivity index (χ3n) is 4.10. The number of carbonyl (C=O) groups excluding carboxylic acids is 2. The van der Waals surface area contributed by atoms with Gasteiger partial charge in [-0.25, -0.2) is 0 Å². The first kappa shape index (κ1) is 20.8. The summed E-state index contributed by atoms with van der Waals surface area (Å²) in [5, 5.41) is 4.68. The van der Waals surface area contributed by atoms with Gasteiger partial charge in [-0.1, -0.05) is 19.9 Å². The number of likely N-dealkylation sites (N-methyl/N-ethyl adjacent to an activating group) is 1. The van der Waals surface area contributed by atoms with E-state index in [0.29, 0.717) is 23.8 Å². The summed E-state index contributed by atoms with van der Waals surface area (Å²) < 4.78 is 10.8. The molecule has 2 amide bonds. The average Bonchev–Trinajstić information content (AvgIpc) is 3.20. The molecule has 0 aliphatic carbocycles. The third kappa shape index (κ3) is 5.99. The van der Waals surface area contributed by atoms with Crippen LogP contribution in [0, 0.1) is 5.92 Å². The Morgan fingerprint density at radius 3 is 2.37 bits per heavy atom. The van der Waals surface area contributed by atoms with Gasteiger partial charge >= 0.3 is 0 Å². The Morgan fingerprint density at radius 1 is 1.15 bits per heavy atom. The monoisotopic (exact) mass is 390 g/mol. The molecule has 0 radical (unpaired) electrons. The summed E-state index contributed by atoms with van der Waals surface area (Å²) in [4.78, 5) is 27.2. The molecule has 2 aromatic rings. The van der Waals surface area contributed by atoms with Gasteiger partial charge in [0.1, 0.15) is 24.1 Å². The van der Waals surface area contributed by atoms with Gasteiger partial charge in [0.25, 0.3) is 5.91 Å². The van der Waals surface area contributed by atoms with Crippen LogP contribution < -0.4 is 14.8 Å². The molecule has 0 aliphatic rings. The highest BCUT2D eigenvalue weighted by atomic mass is 32.1. The minimum Gasteiger partial charge on any atom is -0.497 e. The number of ether oxygens (including phenoxy) is 2. The number of nitrogens with zero attached hydrogens (tertiary/aromatic N) is 1. The lowest BCUT2D eigenvalue weighted by Crippen LogP contribution is -2.50. The summed E-state index contributed by atoms with van der Waals surface area (Å²) in [6, 6.07) is 10.3. The predicted octanol–water partition coefficient (Wildman–Crippen LogP) is 3.05. The van der Waals surface area contributed by atoms with E-state index in [-0.39, 0.29) is 17.7 Å². The Balaban J connectivity index is 1.87. The smallest absolute Gasteiger partial charge is 0.262 e. The van der Waals surface area contributed by atoms with E-state index in [1.165, 1.54) is 11.3 Å². The Morgan fingerprint density at radius 2 is 1.81 bits per heavy atom. The predicted molar refractivity (Wildman–Crippen MR) is 107 cm³/mol. The lowest BCUT2D eigenvalue weighted by molar-refractivity contribution is -0.133. The largest absolute Gasteiger partial charge is 0.497 e. The minimum absolute atomic E-state index is 0.0219. The Bertz CT molecular complexity index is 729. The number of carbonyl (C=O) groups is 2. The average molecular weight is 391 g/mol. The first-order chi connectivity index (χ1) is 12.9. The second-order valence-electron chi connectivity index (χ2n) is 6.46. The number of amides is 2. The molecule has 1 aromatic carbocycles. The van der Waals surface area contributed by atoms with Crippen LogP contribution in [0.5, 0.6) is 11.5 Å². The van der Waals surface area contributed by atoms with E-state index in [4.69, 9.17) is 9.47 Å². The zero-order valence-corrected chi connectivity index (χ0v) is 16.9. The van der Waals surface area contributed by atoms with Crippen LogP contribution >= 0.6 is 11.3 Å². The molecular weight excluding hydrogens is 364 g/mol. The highest BCUT2D eigenvalue weighted by molar-refractivity contribution is 7.12. The molecule has 0 fully saturated rings. The highest BCUT2D eigenvalue weighted by Gasteiger charge is 2.27. The Kier molecular flexibility index (Phi) is 7.67. The molecule has 1 unspecified atom stereocenters. The van der Waals surface area contributed by atoms with Crippen LogP contribution in [0.3, 0.4) is 0 Å². The Labute approximate surface area is 164 Å². The number of rotatable bonds is 9. The second-order valence-corrected chi connectivity index (χ2v) is 7.40. The zero-order chi connectivity index (χ0) is 19.8. The number of hydrogen-bond acceptors (Lipinski definition) is 5. The molecule has 7 heteroatoms.